The van der Waals surface area contributed by atoms with Crippen molar-refractivity contribution < 1.29 is 27.2 Å². The molecule has 0 aliphatic carbocycles. The first-order chi connectivity index (χ1) is 12.3. The number of halogens is 3. The van der Waals surface area contributed by atoms with Crippen LogP contribution in [0.15, 0.2) is 40.8 Å². The monoisotopic (exact) mass is 366 g/mol. The van der Waals surface area contributed by atoms with Crippen molar-refractivity contribution in [3.8, 4) is 11.3 Å². The molecule has 0 saturated carbocycles. The van der Waals surface area contributed by atoms with E-state index in [2.05, 4.69) is 0 Å². The summed E-state index contributed by atoms with van der Waals surface area (Å²) in [5, 5.41) is 0. The molecule has 3 rings (SSSR count). The number of carbonyl (C=O) groups excluding carboxylic acids is 2. The molecule has 0 radical (unpaired) electrons. The van der Waals surface area contributed by atoms with Crippen LogP contribution in [0.2, 0.25) is 0 Å². The van der Waals surface area contributed by atoms with Gasteiger partial charge in [-0.15, -0.1) is 0 Å². The number of nitrogens with two attached hydrogens (primary N) is 1. The van der Waals surface area contributed by atoms with E-state index >= 15 is 0 Å². The number of amides is 2. The lowest BCUT2D eigenvalue weighted by Crippen LogP contribution is -2.44. The number of furan rings is 1. The molecule has 0 unspecified atom stereocenters. The molecule has 5 nitrogen and oxygen atoms in total. The number of alkyl halides is 3. The highest BCUT2D eigenvalue weighted by Crippen LogP contribution is 2.33. The minimum atomic E-state index is -4.46. The topological polar surface area (TPSA) is 76.5 Å². The van der Waals surface area contributed by atoms with Crippen LogP contribution in [-0.4, -0.2) is 29.8 Å². The number of carbonyl (C=O) groups is 2. The Morgan fingerprint density at radius 3 is 2.65 bits per heavy atom. The molecule has 2 heterocycles. The number of rotatable bonds is 3. The molecule has 0 spiro atoms. The van der Waals surface area contributed by atoms with Crippen molar-refractivity contribution >= 4 is 11.8 Å². The molecule has 1 aromatic heterocycles. The maximum atomic E-state index is 12.8. The lowest BCUT2D eigenvalue weighted by atomic mass is 9.97. The summed E-state index contributed by atoms with van der Waals surface area (Å²) in [6.45, 7) is 0.690. The predicted octanol–water partition coefficient (Wildman–Crippen LogP) is 3.30. The highest BCUT2D eigenvalue weighted by Gasteiger charge is 2.31. The standard InChI is InChI=1S/C18H17F3N2O3/c19-18(20,21)13-5-1-3-11(9-13)14-6-7-15(26-14)17(25)23-8-2-4-12(10-23)16(22)24/h1,3,5-7,9,12H,2,4,8,10H2,(H2,22,24)/t12-/m1/s1. The first kappa shape index (κ1) is 18.0. The van der Waals surface area contributed by atoms with Crippen LogP contribution in [0.4, 0.5) is 13.2 Å². The maximum absolute atomic E-state index is 12.8. The van der Waals surface area contributed by atoms with Gasteiger partial charge in [-0.25, -0.2) is 0 Å². The highest BCUT2D eigenvalue weighted by atomic mass is 19.4. The molecule has 2 aromatic rings. The maximum Gasteiger partial charge on any atom is 0.416 e. The van der Waals surface area contributed by atoms with E-state index in [0.29, 0.717) is 19.4 Å². The third-order valence-electron chi connectivity index (χ3n) is 4.40. The van der Waals surface area contributed by atoms with Gasteiger partial charge in [0.1, 0.15) is 5.76 Å². The molecule has 1 aliphatic rings. The van der Waals surface area contributed by atoms with Gasteiger partial charge in [0.05, 0.1) is 11.5 Å². The van der Waals surface area contributed by atoms with Crippen molar-refractivity contribution in [2.24, 2.45) is 11.7 Å². The second kappa shape index (κ2) is 6.86. The SMILES string of the molecule is NC(=O)[C@@H]1CCCN(C(=O)c2ccc(-c3cccc(C(F)(F)F)c3)o2)C1. The van der Waals surface area contributed by atoms with Gasteiger partial charge < -0.3 is 15.1 Å². The van der Waals surface area contributed by atoms with Gasteiger partial charge in [-0.1, -0.05) is 12.1 Å². The minimum Gasteiger partial charge on any atom is -0.451 e. The largest absolute Gasteiger partial charge is 0.451 e. The van der Waals surface area contributed by atoms with Gasteiger partial charge in [0, 0.05) is 18.7 Å². The molecule has 1 aliphatic heterocycles. The molecule has 1 saturated heterocycles. The molecule has 8 heteroatoms. The molecule has 2 N–H and O–H groups in total. The second-order valence-electron chi connectivity index (χ2n) is 6.24. The van der Waals surface area contributed by atoms with E-state index in [1.54, 1.807) is 0 Å². The predicted molar refractivity (Wildman–Crippen MR) is 87.0 cm³/mol. The van der Waals surface area contributed by atoms with Gasteiger partial charge in [0.2, 0.25) is 5.91 Å². The number of likely N-dealkylation sites (tertiary alicyclic amines) is 1. The van der Waals surface area contributed by atoms with E-state index in [4.69, 9.17) is 10.2 Å². The first-order valence-electron chi connectivity index (χ1n) is 8.12. The number of hydrogen-bond donors (Lipinski definition) is 1. The molecule has 138 valence electrons. The average Bonchev–Trinajstić information content (AvgIpc) is 3.10. The fourth-order valence-electron chi connectivity index (χ4n) is 3.01. The van der Waals surface area contributed by atoms with Crippen molar-refractivity contribution in [1.82, 2.24) is 4.90 Å². The Labute approximate surface area is 147 Å². The van der Waals surface area contributed by atoms with Crippen molar-refractivity contribution in [2.75, 3.05) is 13.1 Å². The second-order valence-corrected chi connectivity index (χ2v) is 6.24. The minimum absolute atomic E-state index is 0.0162. The number of primary amides is 1. The zero-order valence-electron chi connectivity index (χ0n) is 13.8. The van der Waals surface area contributed by atoms with Gasteiger partial charge in [-0.3, -0.25) is 9.59 Å². The summed E-state index contributed by atoms with van der Waals surface area (Å²) >= 11 is 0. The lowest BCUT2D eigenvalue weighted by Gasteiger charge is -2.30. The van der Waals surface area contributed by atoms with Crippen LogP contribution in [0.3, 0.4) is 0 Å². The van der Waals surface area contributed by atoms with Crippen LogP contribution in [0.5, 0.6) is 0 Å². The highest BCUT2D eigenvalue weighted by molar-refractivity contribution is 5.92. The molecule has 0 bridgehead atoms. The Balaban J connectivity index is 1.80. The van der Waals surface area contributed by atoms with E-state index < -0.39 is 29.5 Å². The third-order valence-corrected chi connectivity index (χ3v) is 4.40. The Hall–Kier alpha value is -2.77. The molecule has 1 aromatic carbocycles. The summed E-state index contributed by atoms with van der Waals surface area (Å²) in [7, 11) is 0. The van der Waals surface area contributed by atoms with Gasteiger partial charge in [-0.2, -0.15) is 13.2 Å². The van der Waals surface area contributed by atoms with Gasteiger partial charge in [0.25, 0.3) is 5.91 Å². The summed E-state index contributed by atoms with van der Waals surface area (Å²) in [6.07, 6.45) is -3.17. The summed E-state index contributed by atoms with van der Waals surface area (Å²) in [5.74, 6) is -1.07. The van der Waals surface area contributed by atoms with Crippen LogP contribution >= 0.6 is 0 Å². The number of nitrogens with zero attached hydrogens (tertiary/aromatic N) is 1. The average molecular weight is 366 g/mol. The smallest absolute Gasteiger partial charge is 0.416 e. The Morgan fingerprint density at radius 2 is 1.96 bits per heavy atom. The first-order valence-corrected chi connectivity index (χ1v) is 8.12. The number of hydrogen-bond acceptors (Lipinski definition) is 3. The van der Waals surface area contributed by atoms with E-state index in [1.807, 2.05) is 0 Å². The zero-order chi connectivity index (χ0) is 18.9. The van der Waals surface area contributed by atoms with E-state index in [0.717, 1.165) is 12.1 Å². The fraction of sp³-hybridized carbons (Fsp3) is 0.333. The van der Waals surface area contributed by atoms with E-state index in [1.165, 1.54) is 29.2 Å². The molecular formula is C18H17F3N2O3. The number of benzene rings is 1. The van der Waals surface area contributed by atoms with Crippen LogP contribution in [0.25, 0.3) is 11.3 Å². The Morgan fingerprint density at radius 1 is 1.19 bits per heavy atom. The quantitative estimate of drug-likeness (QED) is 0.905. The summed E-state index contributed by atoms with van der Waals surface area (Å²) < 4.78 is 44.0. The van der Waals surface area contributed by atoms with Crippen LogP contribution in [-0.2, 0) is 11.0 Å². The zero-order valence-corrected chi connectivity index (χ0v) is 13.8. The Bertz CT molecular complexity index is 829. The molecule has 1 atom stereocenters. The summed E-state index contributed by atoms with van der Waals surface area (Å²) in [5.41, 5.74) is 4.74. The number of piperidine rings is 1. The van der Waals surface area contributed by atoms with Crippen LogP contribution in [0.1, 0.15) is 29.0 Å². The van der Waals surface area contributed by atoms with Crippen molar-refractivity contribution in [3.05, 3.63) is 47.7 Å². The van der Waals surface area contributed by atoms with Gasteiger partial charge in [-0.05, 0) is 37.1 Å². The third kappa shape index (κ3) is 3.74. The molecular weight excluding hydrogens is 349 g/mol. The molecule has 1 fully saturated rings. The summed E-state index contributed by atoms with van der Waals surface area (Å²) in [6, 6.07) is 7.58. The van der Waals surface area contributed by atoms with Crippen LogP contribution in [0, 0.1) is 5.92 Å². The van der Waals surface area contributed by atoms with Crippen molar-refractivity contribution in [2.45, 2.75) is 19.0 Å². The fourth-order valence-corrected chi connectivity index (χ4v) is 3.01. The van der Waals surface area contributed by atoms with Crippen molar-refractivity contribution in [3.63, 3.8) is 0 Å². The van der Waals surface area contributed by atoms with E-state index in [9.17, 15) is 22.8 Å². The van der Waals surface area contributed by atoms with Crippen molar-refractivity contribution in [1.29, 1.82) is 0 Å². The normalized spacial score (nSPS) is 18.0. The summed E-state index contributed by atoms with van der Waals surface area (Å²) in [4.78, 5) is 25.3. The van der Waals surface area contributed by atoms with E-state index in [-0.39, 0.29) is 23.6 Å². The lowest BCUT2D eigenvalue weighted by molar-refractivity contribution is -0.137. The van der Waals surface area contributed by atoms with Gasteiger partial charge in [0.15, 0.2) is 5.76 Å². The Kier molecular flexibility index (Phi) is 4.76. The van der Waals surface area contributed by atoms with Crippen LogP contribution < -0.4 is 5.73 Å². The molecule has 2 amide bonds. The van der Waals surface area contributed by atoms with Gasteiger partial charge >= 0.3 is 6.18 Å². The molecule has 26 heavy (non-hydrogen) atoms.